The lowest BCUT2D eigenvalue weighted by Gasteiger charge is -2.40. The van der Waals surface area contributed by atoms with Gasteiger partial charge in [-0.2, -0.15) is 0 Å². The molecule has 1 aliphatic heterocycles. The monoisotopic (exact) mass is 384 g/mol. The van der Waals surface area contributed by atoms with Crippen LogP contribution in [0.4, 0.5) is 0 Å². The molecule has 0 saturated heterocycles. The normalized spacial score (nSPS) is 22.7. The van der Waals surface area contributed by atoms with Crippen molar-refractivity contribution in [2.45, 2.75) is 76.4 Å². The van der Waals surface area contributed by atoms with Crippen LogP contribution >= 0.6 is 0 Å². The summed E-state index contributed by atoms with van der Waals surface area (Å²) in [7, 11) is 0. The van der Waals surface area contributed by atoms with Gasteiger partial charge in [0.1, 0.15) is 0 Å². The Balaban J connectivity index is 1.39. The molecule has 2 aromatic carbocycles. The van der Waals surface area contributed by atoms with Crippen LogP contribution in [-0.4, -0.2) is 16.0 Å². The van der Waals surface area contributed by atoms with Crippen LogP contribution in [0.25, 0.3) is 10.9 Å². The van der Waals surface area contributed by atoms with E-state index in [4.69, 9.17) is 0 Å². The van der Waals surface area contributed by atoms with Crippen LogP contribution in [0.15, 0.2) is 48.5 Å². The van der Waals surface area contributed by atoms with E-state index in [-0.39, 0.29) is 0 Å². The molecule has 2 heteroatoms. The van der Waals surface area contributed by atoms with Crippen LogP contribution in [-0.2, 0) is 19.5 Å². The van der Waals surface area contributed by atoms with Crippen LogP contribution in [0.2, 0.25) is 0 Å². The third-order valence-corrected chi connectivity index (χ3v) is 7.81. The summed E-state index contributed by atoms with van der Waals surface area (Å²) in [6.07, 6.45) is 11.0. The number of aryl methyl sites for hydroxylation is 1. The summed E-state index contributed by atoms with van der Waals surface area (Å²) in [5, 5.41) is 1.58. The van der Waals surface area contributed by atoms with Gasteiger partial charge in [0.25, 0.3) is 0 Å². The number of benzene rings is 2. The van der Waals surface area contributed by atoms with E-state index < -0.39 is 0 Å². The number of nitrogens with zero attached hydrogens (tertiary/aromatic N) is 2. The van der Waals surface area contributed by atoms with Gasteiger partial charge in [-0.05, 0) is 66.8 Å². The molecular weight excluding hydrogens is 352 g/mol. The summed E-state index contributed by atoms with van der Waals surface area (Å²) in [5.74, 6) is 0.797. The minimum absolute atomic E-state index is 0.596. The Bertz CT molecular complexity index is 1010. The van der Waals surface area contributed by atoms with Crippen molar-refractivity contribution in [2.75, 3.05) is 6.54 Å². The highest BCUT2D eigenvalue weighted by Crippen LogP contribution is 2.44. The molecule has 0 N–H and O–H groups in total. The van der Waals surface area contributed by atoms with Crippen LogP contribution < -0.4 is 0 Å². The molecule has 1 saturated carbocycles. The molecule has 0 bridgehead atoms. The Morgan fingerprint density at radius 3 is 2.55 bits per heavy atom. The maximum Gasteiger partial charge on any atom is 0.0508 e. The molecule has 0 unspecified atom stereocenters. The summed E-state index contributed by atoms with van der Waals surface area (Å²) in [5.41, 5.74) is 7.88. The van der Waals surface area contributed by atoms with Gasteiger partial charge in [-0.25, -0.2) is 0 Å². The van der Waals surface area contributed by atoms with E-state index in [1.54, 1.807) is 22.2 Å². The fraction of sp³-hybridized carbons (Fsp3) is 0.481. The molecule has 2 nitrogen and oxygen atoms in total. The second kappa shape index (κ2) is 7.32. The van der Waals surface area contributed by atoms with E-state index in [0.29, 0.717) is 6.04 Å². The Kier molecular flexibility index (Phi) is 4.49. The third-order valence-electron chi connectivity index (χ3n) is 7.81. The van der Waals surface area contributed by atoms with Crippen molar-refractivity contribution in [3.8, 4) is 0 Å². The van der Waals surface area contributed by atoms with E-state index in [0.717, 1.165) is 19.0 Å². The fourth-order valence-electron chi connectivity index (χ4n) is 6.39. The van der Waals surface area contributed by atoms with Gasteiger partial charge in [-0.3, -0.25) is 4.90 Å². The highest BCUT2D eigenvalue weighted by molar-refractivity contribution is 5.87. The first-order valence-electron chi connectivity index (χ1n) is 11.8. The summed E-state index contributed by atoms with van der Waals surface area (Å²) in [6, 6.07) is 19.1. The Labute approximate surface area is 174 Å². The van der Waals surface area contributed by atoms with E-state index >= 15 is 0 Å². The zero-order valence-electron chi connectivity index (χ0n) is 17.4. The molecule has 0 spiro atoms. The molecular formula is C27H32N2. The van der Waals surface area contributed by atoms with Crippen LogP contribution in [0.1, 0.15) is 79.3 Å². The first-order chi connectivity index (χ1) is 14.4. The summed E-state index contributed by atoms with van der Waals surface area (Å²) < 4.78 is 2.68. The lowest BCUT2D eigenvalue weighted by molar-refractivity contribution is 0.133. The zero-order valence-corrected chi connectivity index (χ0v) is 17.4. The van der Waals surface area contributed by atoms with Crippen LogP contribution in [0, 0.1) is 0 Å². The molecule has 2 aliphatic carbocycles. The topological polar surface area (TPSA) is 8.17 Å². The predicted octanol–water partition coefficient (Wildman–Crippen LogP) is 6.58. The smallest absolute Gasteiger partial charge is 0.0508 e. The van der Waals surface area contributed by atoms with Crippen molar-refractivity contribution >= 4 is 10.9 Å². The second-order valence-corrected chi connectivity index (χ2v) is 9.49. The Hall–Kier alpha value is -2.06. The summed E-state index contributed by atoms with van der Waals surface area (Å²) in [6.45, 7) is 3.39. The summed E-state index contributed by atoms with van der Waals surface area (Å²) in [4.78, 5) is 2.74. The SMILES string of the molecule is c1ccc(CN2CCn3c4c(c5cc(C6CCCCC6)ccc53)CCC[C@H]42)cc1. The van der Waals surface area contributed by atoms with Gasteiger partial charge < -0.3 is 4.57 Å². The van der Waals surface area contributed by atoms with Gasteiger partial charge >= 0.3 is 0 Å². The Morgan fingerprint density at radius 1 is 0.828 bits per heavy atom. The van der Waals surface area contributed by atoms with Crippen molar-refractivity contribution in [2.24, 2.45) is 0 Å². The standard InChI is InChI=1S/C27H32N2/c1-3-8-20(9-4-1)19-28-16-17-29-25-15-14-22(21-10-5-2-6-11-21)18-24(25)23-12-7-13-26(28)27(23)29/h1,3-4,8-9,14-15,18,21,26H,2,5-7,10-13,16-17,19H2/t26-/m1/s1. The van der Waals surface area contributed by atoms with Crippen molar-refractivity contribution in [3.63, 3.8) is 0 Å². The average molecular weight is 385 g/mol. The molecule has 3 aromatic rings. The van der Waals surface area contributed by atoms with Gasteiger partial charge in [0, 0.05) is 36.2 Å². The number of aromatic nitrogens is 1. The second-order valence-electron chi connectivity index (χ2n) is 9.49. The van der Waals surface area contributed by atoms with Gasteiger partial charge in [0.15, 0.2) is 0 Å². The third kappa shape index (κ3) is 3.04. The molecule has 0 amide bonds. The molecule has 1 atom stereocenters. The average Bonchev–Trinajstić information content (AvgIpc) is 3.11. The van der Waals surface area contributed by atoms with Gasteiger partial charge in [0.2, 0.25) is 0 Å². The lowest BCUT2D eigenvalue weighted by atomic mass is 9.83. The molecule has 150 valence electrons. The highest BCUT2D eigenvalue weighted by Gasteiger charge is 2.34. The van der Waals surface area contributed by atoms with Crippen molar-refractivity contribution in [1.29, 1.82) is 0 Å². The first-order valence-corrected chi connectivity index (χ1v) is 11.8. The van der Waals surface area contributed by atoms with Crippen molar-refractivity contribution < 1.29 is 0 Å². The maximum atomic E-state index is 2.74. The minimum Gasteiger partial charge on any atom is -0.342 e. The number of hydrogen-bond donors (Lipinski definition) is 0. The van der Waals surface area contributed by atoms with Gasteiger partial charge in [-0.15, -0.1) is 0 Å². The molecule has 6 rings (SSSR count). The maximum absolute atomic E-state index is 2.74. The van der Waals surface area contributed by atoms with Crippen LogP contribution in [0.5, 0.6) is 0 Å². The molecule has 0 radical (unpaired) electrons. The van der Waals surface area contributed by atoms with Gasteiger partial charge in [0.05, 0.1) is 6.04 Å². The minimum atomic E-state index is 0.596. The number of rotatable bonds is 3. The molecule has 3 aliphatic rings. The first kappa shape index (κ1) is 17.8. The fourth-order valence-corrected chi connectivity index (χ4v) is 6.39. The molecule has 1 aromatic heterocycles. The van der Waals surface area contributed by atoms with Crippen molar-refractivity contribution in [3.05, 3.63) is 70.9 Å². The molecule has 1 fully saturated rings. The number of hydrogen-bond acceptors (Lipinski definition) is 1. The van der Waals surface area contributed by atoms with Crippen LogP contribution in [0.3, 0.4) is 0 Å². The van der Waals surface area contributed by atoms with E-state index in [9.17, 15) is 0 Å². The summed E-state index contributed by atoms with van der Waals surface area (Å²) >= 11 is 0. The lowest BCUT2D eigenvalue weighted by Crippen LogP contribution is -2.39. The predicted molar refractivity (Wildman–Crippen MR) is 120 cm³/mol. The Morgan fingerprint density at radius 2 is 1.69 bits per heavy atom. The van der Waals surface area contributed by atoms with E-state index in [1.165, 1.54) is 69.0 Å². The zero-order chi connectivity index (χ0) is 19.2. The van der Waals surface area contributed by atoms with E-state index in [2.05, 4.69) is 58.0 Å². The van der Waals surface area contributed by atoms with Gasteiger partial charge in [-0.1, -0.05) is 55.7 Å². The quantitative estimate of drug-likeness (QED) is 0.495. The van der Waals surface area contributed by atoms with E-state index in [1.807, 2.05) is 0 Å². The largest absolute Gasteiger partial charge is 0.342 e. The highest BCUT2D eigenvalue weighted by atomic mass is 15.2. The molecule has 2 heterocycles. The molecule has 29 heavy (non-hydrogen) atoms. The van der Waals surface area contributed by atoms with Crippen molar-refractivity contribution in [1.82, 2.24) is 9.47 Å². The number of fused-ring (bicyclic) bond motifs is 3.